The average Bonchev–Trinajstić information content (AvgIpc) is 3.21. The summed E-state index contributed by atoms with van der Waals surface area (Å²) < 4.78 is 11.6. The number of aryl methyl sites for hydroxylation is 1. The predicted molar refractivity (Wildman–Crippen MR) is 77.0 cm³/mol. The molecule has 1 aromatic rings. The molecule has 1 spiro atoms. The van der Waals surface area contributed by atoms with Gasteiger partial charge in [-0.2, -0.15) is 0 Å². The number of halogens is 1. The molecule has 3 rings (SSSR count). The molecule has 0 bridgehead atoms. The second-order valence-corrected chi connectivity index (χ2v) is 6.20. The smallest absolute Gasteiger partial charge is 0.260 e. The van der Waals surface area contributed by atoms with Gasteiger partial charge in [-0.3, -0.25) is 4.79 Å². The molecule has 2 aliphatic rings. The number of ether oxygens (including phenoxy) is 2. The minimum atomic E-state index is -0.0856. The molecule has 2 fully saturated rings. The first-order valence-electron chi connectivity index (χ1n) is 6.68. The number of hydrogen-bond donors (Lipinski definition) is 0. The van der Waals surface area contributed by atoms with Crippen LogP contribution >= 0.6 is 15.9 Å². The number of nitrogens with zero attached hydrogens (tertiary/aromatic N) is 2. The van der Waals surface area contributed by atoms with Crippen LogP contribution in [-0.2, 0) is 4.74 Å². The molecule has 2 heterocycles. The van der Waals surface area contributed by atoms with Crippen LogP contribution in [0.15, 0.2) is 10.5 Å². The zero-order valence-corrected chi connectivity index (χ0v) is 13.2. The number of hydrogen-bond acceptors (Lipinski definition) is 4. The zero-order chi connectivity index (χ0) is 14.3. The van der Waals surface area contributed by atoms with Crippen LogP contribution in [0.5, 0.6) is 5.88 Å². The summed E-state index contributed by atoms with van der Waals surface area (Å²) in [6.45, 7) is 3.74. The Morgan fingerprint density at radius 1 is 1.55 bits per heavy atom. The maximum absolute atomic E-state index is 12.8. The van der Waals surface area contributed by atoms with Crippen molar-refractivity contribution in [3.8, 4) is 5.88 Å². The van der Waals surface area contributed by atoms with E-state index in [2.05, 4.69) is 20.9 Å². The van der Waals surface area contributed by atoms with Gasteiger partial charge in [0.25, 0.3) is 5.91 Å². The van der Waals surface area contributed by atoms with Crippen LogP contribution < -0.4 is 4.74 Å². The van der Waals surface area contributed by atoms with Crippen molar-refractivity contribution >= 4 is 21.8 Å². The van der Waals surface area contributed by atoms with Gasteiger partial charge in [0, 0.05) is 11.0 Å². The van der Waals surface area contributed by atoms with E-state index in [-0.39, 0.29) is 11.4 Å². The lowest BCUT2D eigenvalue weighted by Crippen LogP contribution is -2.50. The van der Waals surface area contributed by atoms with Gasteiger partial charge in [0.2, 0.25) is 5.88 Å². The van der Waals surface area contributed by atoms with Crippen LogP contribution in [0, 0.1) is 6.92 Å². The molecule has 20 heavy (non-hydrogen) atoms. The first-order chi connectivity index (χ1) is 9.57. The van der Waals surface area contributed by atoms with Gasteiger partial charge in [0.15, 0.2) is 0 Å². The quantitative estimate of drug-likeness (QED) is 0.827. The van der Waals surface area contributed by atoms with Crippen LogP contribution in [0.1, 0.15) is 28.9 Å². The SMILES string of the molecule is COc1nc(C)c(Br)cc1C(=O)N1CCOCC12CC2. The summed E-state index contributed by atoms with van der Waals surface area (Å²) in [5.41, 5.74) is 1.23. The van der Waals surface area contributed by atoms with E-state index >= 15 is 0 Å². The Bertz CT molecular complexity index is 558. The maximum Gasteiger partial charge on any atom is 0.260 e. The Labute approximate surface area is 126 Å². The van der Waals surface area contributed by atoms with Crippen LogP contribution in [0.4, 0.5) is 0 Å². The molecule has 6 heteroatoms. The van der Waals surface area contributed by atoms with Crippen molar-refractivity contribution in [1.82, 2.24) is 9.88 Å². The Morgan fingerprint density at radius 3 is 2.95 bits per heavy atom. The maximum atomic E-state index is 12.8. The van der Waals surface area contributed by atoms with Gasteiger partial charge in [-0.25, -0.2) is 4.98 Å². The van der Waals surface area contributed by atoms with Crippen molar-refractivity contribution in [2.75, 3.05) is 26.9 Å². The largest absolute Gasteiger partial charge is 0.480 e. The second kappa shape index (κ2) is 5.00. The Hall–Kier alpha value is -1.14. The highest BCUT2D eigenvalue weighted by Gasteiger charge is 2.52. The normalized spacial score (nSPS) is 20.1. The predicted octanol–water partition coefficient (Wildman–Crippen LogP) is 2.17. The zero-order valence-electron chi connectivity index (χ0n) is 11.6. The van der Waals surface area contributed by atoms with Crippen molar-refractivity contribution < 1.29 is 14.3 Å². The van der Waals surface area contributed by atoms with Gasteiger partial charge in [-0.1, -0.05) is 0 Å². The fourth-order valence-corrected chi connectivity index (χ4v) is 2.94. The topological polar surface area (TPSA) is 51.7 Å². The molecule has 0 N–H and O–H groups in total. The molecule has 1 aromatic heterocycles. The lowest BCUT2D eigenvalue weighted by molar-refractivity contribution is -0.0119. The molecule has 0 unspecified atom stereocenters. The summed E-state index contributed by atoms with van der Waals surface area (Å²) in [5, 5.41) is 0. The average molecular weight is 341 g/mol. The molecular formula is C14H17BrN2O3. The summed E-state index contributed by atoms with van der Waals surface area (Å²) in [7, 11) is 1.54. The Morgan fingerprint density at radius 2 is 2.30 bits per heavy atom. The van der Waals surface area contributed by atoms with E-state index < -0.39 is 0 Å². The molecule has 1 saturated carbocycles. The monoisotopic (exact) mass is 340 g/mol. The first-order valence-corrected chi connectivity index (χ1v) is 7.47. The van der Waals surface area contributed by atoms with Crippen LogP contribution in [0.25, 0.3) is 0 Å². The minimum Gasteiger partial charge on any atom is -0.480 e. The third kappa shape index (κ3) is 2.20. The number of rotatable bonds is 2. The number of aromatic nitrogens is 1. The van der Waals surface area contributed by atoms with Gasteiger partial charge in [-0.05, 0) is 41.8 Å². The van der Waals surface area contributed by atoms with Gasteiger partial charge in [0.05, 0.1) is 31.6 Å². The number of pyridine rings is 1. The van der Waals surface area contributed by atoms with E-state index in [0.717, 1.165) is 23.0 Å². The van der Waals surface area contributed by atoms with E-state index in [1.54, 1.807) is 13.2 Å². The summed E-state index contributed by atoms with van der Waals surface area (Å²) >= 11 is 3.43. The van der Waals surface area contributed by atoms with Gasteiger partial charge in [0.1, 0.15) is 5.56 Å². The van der Waals surface area contributed by atoms with Crippen LogP contribution in [-0.4, -0.2) is 48.2 Å². The number of carbonyl (C=O) groups is 1. The van der Waals surface area contributed by atoms with Crippen molar-refractivity contribution in [3.63, 3.8) is 0 Å². The molecule has 1 aliphatic carbocycles. The van der Waals surface area contributed by atoms with E-state index in [4.69, 9.17) is 9.47 Å². The summed E-state index contributed by atoms with van der Waals surface area (Å²) in [4.78, 5) is 19.1. The fourth-order valence-electron chi connectivity index (χ4n) is 2.62. The number of morpholine rings is 1. The molecule has 0 atom stereocenters. The molecule has 1 saturated heterocycles. The van der Waals surface area contributed by atoms with Crippen LogP contribution in [0.2, 0.25) is 0 Å². The summed E-state index contributed by atoms with van der Waals surface area (Å²) in [6.07, 6.45) is 2.03. The molecule has 1 amide bonds. The van der Waals surface area contributed by atoms with Crippen molar-refractivity contribution in [3.05, 3.63) is 21.8 Å². The highest BCUT2D eigenvalue weighted by Crippen LogP contribution is 2.44. The van der Waals surface area contributed by atoms with Crippen LogP contribution in [0.3, 0.4) is 0 Å². The first kappa shape index (κ1) is 13.8. The van der Waals surface area contributed by atoms with Crippen molar-refractivity contribution in [1.29, 1.82) is 0 Å². The van der Waals surface area contributed by atoms with Gasteiger partial charge in [-0.15, -0.1) is 0 Å². The Kier molecular flexibility index (Phi) is 3.46. The molecule has 0 aromatic carbocycles. The second-order valence-electron chi connectivity index (χ2n) is 5.35. The molecule has 108 valence electrons. The lowest BCUT2D eigenvalue weighted by Gasteiger charge is -2.36. The van der Waals surface area contributed by atoms with Crippen molar-refractivity contribution in [2.24, 2.45) is 0 Å². The molecule has 1 aliphatic heterocycles. The highest BCUT2D eigenvalue weighted by atomic mass is 79.9. The molecule has 0 radical (unpaired) electrons. The molecular weight excluding hydrogens is 324 g/mol. The number of methoxy groups -OCH3 is 1. The third-order valence-corrected chi connectivity index (χ3v) is 4.82. The van der Waals surface area contributed by atoms with E-state index in [9.17, 15) is 4.79 Å². The minimum absolute atomic E-state index is 0.0177. The third-order valence-electron chi connectivity index (χ3n) is 4.01. The van der Waals surface area contributed by atoms with Gasteiger partial charge < -0.3 is 14.4 Å². The number of carbonyl (C=O) groups excluding carboxylic acids is 1. The summed E-state index contributed by atoms with van der Waals surface area (Å²) in [5.74, 6) is 0.369. The number of amides is 1. The van der Waals surface area contributed by atoms with E-state index in [1.165, 1.54) is 0 Å². The standard InChI is InChI=1S/C14H17BrN2O3/c1-9-11(15)7-10(12(16-9)19-2)13(18)17-5-6-20-8-14(17)3-4-14/h7H,3-6,8H2,1-2H3. The molecule has 5 nitrogen and oxygen atoms in total. The highest BCUT2D eigenvalue weighted by molar-refractivity contribution is 9.10. The van der Waals surface area contributed by atoms with Gasteiger partial charge >= 0.3 is 0 Å². The van der Waals surface area contributed by atoms with E-state index in [1.807, 2.05) is 11.8 Å². The Balaban J connectivity index is 1.96. The van der Waals surface area contributed by atoms with E-state index in [0.29, 0.717) is 31.2 Å². The lowest BCUT2D eigenvalue weighted by atomic mass is 10.1. The van der Waals surface area contributed by atoms with Crippen molar-refractivity contribution in [2.45, 2.75) is 25.3 Å². The summed E-state index contributed by atoms with van der Waals surface area (Å²) in [6, 6.07) is 1.80. The fraction of sp³-hybridized carbons (Fsp3) is 0.571.